The maximum atomic E-state index is 12.6. The molecular weight excluding hydrogens is 266 g/mol. The van der Waals surface area contributed by atoms with Gasteiger partial charge in [0.2, 0.25) is 0 Å². The molecule has 0 unspecified atom stereocenters. The fourth-order valence-electron chi connectivity index (χ4n) is 2.30. The average Bonchev–Trinajstić information content (AvgIpc) is 2.44. The molecule has 2 aromatic rings. The summed E-state index contributed by atoms with van der Waals surface area (Å²) in [4.78, 5) is 25.3. The summed E-state index contributed by atoms with van der Waals surface area (Å²) in [5, 5.41) is 9.18. The minimum atomic E-state index is -1.10. The van der Waals surface area contributed by atoms with E-state index in [-0.39, 0.29) is 17.0 Å². The van der Waals surface area contributed by atoms with Crippen LogP contribution in [0.4, 0.5) is 5.69 Å². The first kappa shape index (κ1) is 14.8. The zero-order valence-corrected chi connectivity index (χ0v) is 12.3. The number of carbonyl (C=O) groups excluding carboxylic acids is 1. The van der Waals surface area contributed by atoms with Gasteiger partial charge in [-0.3, -0.25) is 4.79 Å². The standard InChI is InChI=1S/C17H17NO3/c1-11-8-12(2)10-13(9-11)18(3)16(19)14-6-4-5-7-15(14)17(20)21/h4-10H,1-3H3,(H,20,21). The second-order valence-corrected chi connectivity index (χ2v) is 5.06. The number of aromatic carboxylic acids is 1. The lowest BCUT2D eigenvalue weighted by Gasteiger charge is -2.19. The van der Waals surface area contributed by atoms with Crippen molar-refractivity contribution >= 4 is 17.6 Å². The van der Waals surface area contributed by atoms with Crippen LogP contribution in [0.5, 0.6) is 0 Å². The maximum Gasteiger partial charge on any atom is 0.336 e. The van der Waals surface area contributed by atoms with Crippen LogP contribution in [0.3, 0.4) is 0 Å². The Labute approximate surface area is 123 Å². The van der Waals surface area contributed by atoms with E-state index in [9.17, 15) is 14.7 Å². The Kier molecular flexibility index (Phi) is 4.08. The summed E-state index contributed by atoms with van der Waals surface area (Å²) in [6.45, 7) is 3.92. The summed E-state index contributed by atoms with van der Waals surface area (Å²) in [6.07, 6.45) is 0. The number of aryl methyl sites for hydroxylation is 2. The van der Waals surface area contributed by atoms with E-state index in [4.69, 9.17) is 0 Å². The van der Waals surface area contributed by atoms with Gasteiger partial charge in [0.15, 0.2) is 0 Å². The largest absolute Gasteiger partial charge is 0.478 e. The molecular formula is C17H17NO3. The van der Waals surface area contributed by atoms with E-state index in [1.807, 2.05) is 32.0 Å². The van der Waals surface area contributed by atoms with Crippen molar-refractivity contribution in [1.82, 2.24) is 0 Å². The molecule has 0 aliphatic rings. The first-order chi connectivity index (χ1) is 9.90. The predicted molar refractivity (Wildman–Crippen MR) is 82.1 cm³/mol. The van der Waals surface area contributed by atoms with Gasteiger partial charge in [-0.2, -0.15) is 0 Å². The summed E-state index contributed by atoms with van der Waals surface area (Å²) in [5.74, 6) is -1.44. The number of benzene rings is 2. The quantitative estimate of drug-likeness (QED) is 0.940. The fourth-order valence-corrected chi connectivity index (χ4v) is 2.30. The molecule has 0 spiro atoms. The van der Waals surface area contributed by atoms with Gasteiger partial charge in [0.05, 0.1) is 11.1 Å². The molecule has 0 aliphatic heterocycles. The number of nitrogens with zero attached hydrogens (tertiary/aromatic N) is 1. The van der Waals surface area contributed by atoms with Crippen molar-refractivity contribution in [3.05, 3.63) is 64.7 Å². The molecule has 0 aromatic heterocycles. The van der Waals surface area contributed by atoms with Gasteiger partial charge in [0, 0.05) is 12.7 Å². The predicted octanol–water partition coefficient (Wildman–Crippen LogP) is 3.28. The molecule has 0 heterocycles. The minimum absolute atomic E-state index is 0.0127. The van der Waals surface area contributed by atoms with E-state index in [0.717, 1.165) is 16.8 Å². The normalized spacial score (nSPS) is 10.2. The lowest BCUT2D eigenvalue weighted by molar-refractivity contribution is 0.0692. The van der Waals surface area contributed by atoms with Crippen LogP contribution in [0.2, 0.25) is 0 Å². The number of carboxylic acids is 1. The van der Waals surface area contributed by atoms with Crippen LogP contribution in [-0.4, -0.2) is 24.0 Å². The Morgan fingerprint density at radius 3 is 2.00 bits per heavy atom. The van der Waals surface area contributed by atoms with Gasteiger partial charge < -0.3 is 10.0 Å². The first-order valence-corrected chi connectivity index (χ1v) is 6.59. The molecule has 4 heteroatoms. The van der Waals surface area contributed by atoms with E-state index < -0.39 is 5.97 Å². The molecule has 1 amide bonds. The number of carbonyl (C=O) groups is 2. The molecule has 0 radical (unpaired) electrons. The summed E-state index contributed by atoms with van der Waals surface area (Å²) < 4.78 is 0. The van der Waals surface area contributed by atoms with Crippen LogP contribution in [0, 0.1) is 13.8 Å². The average molecular weight is 283 g/mol. The molecule has 0 fully saturated rings. The van der Waals surface area contributed by atoms with Crippen LogP contribution >= 0.6 is 0 Å². The lowest BCUT2D eigenvalue weighted by Crippen LogP contribution is -2.28. The zero-order chi connectivity index (χ0) is 15.6. The van der Waals surface area contributed by atoms with E-state index >= 15 is 0 Å². The first-order valence-electron chi connectivity index (χ1n) is 6.59. The lowest BCUT2D eigenvalue weighted by atomic mass is 10.1. The van der Waals surface area contributed by atoms with Crippen molar-refractivity contribution in [3.8, 4) is 0 Å². The highest BCUT2D eigenvalue weighted by Gasteiger charge is 2.20. The number of amides is 1. The minimum Gasteiger partial charge on any atom is -0.478 e. The maximum absolute atomic E-state index is 12.6. The monoisotopic (exact) mass is 283 g/mol. The molecule has 21 heavy (non-hydrogen) atoms. The van der Waals surface area contributed by atoms with Gasteiger partial charge in [-0.1, -0.05) is 18.2 Å². The molecule has 108 valence electrons. The third kappa shape index (κ3) is 3.11. The second kappa shape index (κ2) is 5.79. The Bertz CT molecular complexity index is 687. The van der Waals surface area contributed by atoms with Gasteiger partial charge in [0.25, 0.3) is 5.91 Å². The summed E-state index contributed by atoms with van der Waals surface area (Å²) in [6, 6.07) is 12.1. The molecule has 4 nitrogen and oxygen atoms in total. The molecule has 0 saturated heterocycles. The summed E-state index contributed by atoms with van der Waals surface area (Å²) in [5.41, 5.74) is 3.05. The van der Waals surface area contributed by atoms with E-state index in [1.165, 1.54) is 17.0 Å². The molecule has 0 atom stereocenters. The van der Waals surface area contributed by atoms with Crippen LogP contribution in [0.1, 0.15) is 31.8 Å². The number of rotatable bonds is 3. The number of hydrogen-bond acceptors (Lipinski definition) is 2. The summed E-state index contributed by atoms with van der Waals surface area (Å²) >= 11 is 0. The second-order valence-electron chi connectivity index (χ2n) is 5.06. The van der Waals surface area contributed by atoms with Gasteiger partial charge in [-0.15, -0.1) is 0 Å². The highest BCUT2D eigenvalue weighted by Crippen LogP contribution is 2.21. The van der Waals surface area contributed by atoms with Crippen molar-refractivity contribution in [1.29, 1.82) is 0 Å². The highest BCUT2D eigenvalue weighted by molar-refractivity contribution is 6.11. The van der Waals surface area contributed by atoms with E-state index in [0.29, 0.717) is 0 Å². The van der Waals surface area contributed by atoms with E-state index in [1.54, 1.807) is 19.2 Å². The molecule has 0 saturated carbocycles. The molecule has 0 aliphatic carbocycles. The Hall–Kier alpha value is -2.62. The van der Waals surface area contributed by atoms with Crippen molar-refractivity contribution in [2.45, 2.75) is 13.8 Å². The van der Waals surface area contributed by atoms with Gasteiger partial charge in [-0.05, 0) is 49.2 Å². The van der Waals surface area contributed by atoms with Crippen molar-refractivity contribution in [3.63, 3.8) is 0 Å². The van der Waals surface area contributed by atoms with E-state index in [2.05, 4.69) is 0 Å². The van der Waals surface area contributed by atoms with Crippen molar-refractivity contribution < 1.29 is 14.7 Å². The Morgan fingerprint density at radius 2 is 1.48 bits per heavy atom. The van der Waals surface area contributed by atoms with Crippen LogP contribution in [-0.2, 0) is 0 Å². The Morgan fingerprint density at radius 1 is 0.952 bits per heavy atom. The van der Waals surface area contributed by atoms with Crippen molar-refractivity contribution in [2.24, 2.45) is 0 Å². The molecule has 2 rings (SSSR count). The van der Waals surface area contributed by atoms with Gasteiger partial charge in [0.1, 0.15) is 0 Å². The van der Waals surface area contributed by atoms with Crippen molar-refractivity contribution in [2.75, 3.05) is 11.9 Å². The molecule has 1 N–H and O–H groups in total. The van der Waals surface area contributed by atoms with Crippen LogP contribution in [0.15, 0.2) is 42.5 Å². The third-order valence-electron chi connectivity index (χ3n) is 3.29. The highest BCUT2D eigenvalue weighted by atomic mass is 16.4. The summed E-state index contributed by atoms with van der Waals surface area (Å²) in [7, 11) is 1.65. The number of hydrogen-bond donors (Lipinski definition) is 1. The zero-order valence-electron chi connectivity index (χ0n) is 12.3. The smallest absolute Gasteiger partial charge is 0.336 e. The van der Waals surface area contributed by atoms with Crippen LogP contribution in [0.25, 0.3) is 0 Å². The Balaban J connectivity index is 2.42. The third-order valence-corrected chi connectivity index (χ3v) is 3.29. The van der Waals surface area contributed by atoms with Crippen LogP contribution < -0.4 is 4.90 Å². The van der Waals surface area contributed by atoms with Gasteiger partial charge >= 0.3 is 5.97 Å². The van der Waals surface area contributed by atoms with Gasteiger partial charge in [-0.25, -0.2) is 4.79 Å². The number of carboxylic acid groups (broad SMARTS) is 1. The SMILES string of the molecule is Cc1cc(C)cc(N(C)C(=O)c2ccccc2C(=O)O)c1. The number of anilines is 1. The fraction of sp³-hybridized carbons (Fsp3) is 0.176. The molecule has 2 aromatic carbocycles. The topological polar surface area (TPSA) is 57.6 Å². The molecule has 0 bridgehead atoms.